The van der Waals surface area contributed by atoms with Gasteiger partial charge in [0.1, 0.15) is 16.9 Å². The zero-order chi connectivity index (χ0) is 25.1. The van der Waals surface area contributed by atoms with Crippen molar-refractivity contribution < 1.29 is 14.3 Å². The van der Waals surface area contributed by atoms with Crippen LogP contribution in [0.5, 0.6) is 5.75 Å². The number of thioether (sulfide) groups is 1. The van der Waals surface area contributed by atoms with Crippen LogP contribution in [0.4, 0.5) is 0 Å². The summed E-state index contributed by atoms with van der Waals surface area (Å²) in [5.74, 6) is 0.202. The number of hydrazone groups is 1. The molecule has 8 nitrogen and oxygen atoms in total. The van der Waals surface area contributed by atoms with Gasteiger partial charge in [-0.05, 0) is 67.3 Å². The molecule has 2 amide bonds. The van der Waals surface area contributed by atoms with Crippen LogP contribution in [0.15, 0.2) is 70.3 Å². The van der Waals surface area contributed by atoms with Crippen molar-refractivity contribution >= 4 is 45.7 Å². The monoisotopic (exact) mass is 501 g/mol. The Labute approximate surface area is 214 Å². The van der Waals surface area contributed by atoms with Gasteiger partial charge in [-0.25, -0.2) is 0 Å². The fourth-order valence-electron chi connectivity index (χ4n) is 4.29. The molecule has 0 radical (unpaired) electrons. The first kappa shape index (κ1) is 24.0. The summed E-state index contributed by atoms with van der Waals surface area (Å²) in [6.07, 6.45) is 4.89. The Morgan fingerprint density at radius 2 is 1.83 bits per heavy atom. The van der Waals surface area contributed by atoms with E-state index in [9.17, 15) is 9.59 Å². The molecule has 2 aromatic carbocycles. The van der Waals surface area contributed by atoms with Crippen LogP contribution in [0.2, 0.25) is 0 Å². The highest BCUT2D eigenvalue weighted by atomic mass is 32.2. The van der Waals surface area contributed by atoms with Crippen LogP contribution >= 0.6 is 11.8 Å². The van der Waals surface area contributed by atoms with Crippen molar-refractivity contribution in [3.05, 3.63) is 71.3 Å². The minimum absolute atomic E-state index is 0.0268. The molecule has 36 heavy (non-hydrogen) atoms. The molecule has 0 aliphatic carbocycles. The number of hydrogen-bond acceptors (Lipinski definition) is 6. The third-order valence-electron chi connectivity index (χ3n) is 6.28. The van der Waals surface area contributed by atoms with E-state index in [1.165, 1.54) is 16.8 Å². The number of carbonyl (C=O) groups is 2. The lowest BCUT2D eigenvalue weighted by Crippen LogP contribution is -2.36. The first-order valence-electron chi connectivity index (χ1n) is 12.1. The lowest BCUT2D eigenvalue weighted by molar-refractivity contribution is -0.130. The van der Waals surface area contributed by atoms with Gasteiger partial charge in [0, 0.05) is 13.1 Å². The van der Waals surface area contributed by atoms with Crippen molar-refractivity contribution in [3.63, 3.8) is 0 Å². The molecule has 1 N–H and O–H groups in total. The predicted molar refractivity (Wildman–Crippen MR) is 142 cm³/mol. The number of rotatable bonds is 6. The maximum Gasteiger partial charge on any atom is 0.283 e. The topological polar surface area (TPSA) is 98.4 Å². The van der Waals surface area contributed by atoms with E-state index in [4.69, 9.17) is 10.1 Å². The molecule has 0 bridgehead atoms. The molecule has 1 atom stereocenters. The molecule has 9 heteroatoms. The smallest absolute Gasteiger partial charge is 0.283 e. The molecule has 0 aromatic heterocycles. The van der Waals surface area contributed by atoms with E-state index >= 15 is 0 Å². The number of nitrogens with one attached hydrogen (secondary N) is 1. The molecule has 0 spiro atoms. The number of hydrogen-bond donors (Lipinski definition) is 1. The first-order valence-corrected chi connectivity index (χ1v) is 12.9. The summed E-state index contributed by atoms with van der Waals surface area (Å²) in [6, 6.07) is 17.3. The maximum atomic E-state index is 12.7. The van der Waals surface area contributed by atoms with Crippen LogP contribution in [0.25, 0.3) is 6.08 Å². The fourth-order valence-corrected chi connectivity index (χ4v) is 5.17. The second-order valence-corrected chi connectivity index (χ2v) is 9.91. The molecular formula is C27H27N5O3S. The Balaban J connectivity index is 1.26. The van der Waals surface area contributed by atoms with E-state index in [1.54, 1.807) is 6.08 Å². The normalized spacial score (nSPS) is 19.6. The third kappa shape index (κ3) is 5.26. The van der Waals surface area contributed by atoms with Gasteiger partial charge in [0.2, 0.25) is 11.1 Å². The number of likely N-dealkylation sites (tertiary alicyclic amines) is 1. The number of ether oxygens (including phenoxy) is 1. The lowest BCUT2D eigenvalue weighted by atomic mass is 10.1. The predicted octanol–water partition coefficient (Wildman–Crippen LogP) is 4.85. The Hall–Kier alpha value is -3.72. The first-order chi connectivity index (χ1) is 17.5. The molecular weight excluding hydrogens is 474 g/mol. The number of amides is 2. The summed E-state index contributed by atoms with van der Waals surface area (Å²) in [4.78, 5) is 31.3. The Bertz CT molecular complexity index is 1260. The van der Waals surface area contributed by atoms with Crippen LogP contribution in [0, 0.1) is 5.41 Å². The highest BCUT2D eigenvalue weighted by Crippen LogP contribution is 2.30. The SMILES string of the molecule is C[C@H](Oc1ccc(/C=C2/C(=N)N3N=C(CC(=O)N4CCCCC4)SC3=NC2=O)cc1)c1ccccc1. The summed E-state index contributed by atoms with van der Waals surface area (Å²) in [5.41, 5.74) is 1.98. The number of piperidine rings is 1. The molecule has 0 unspecified atom stereocenters. The van der Waals surface area contributed by atoms with Gasteiger partial charge < -0.3 is 9.64 Å². The quantitative estimate of drug-likeness (QED) is 0.571. The Morgan fingerprint density at radius 3 is 2.56 bits per heavy atom. The largest absolute Gasteiger partial charge is 0.486 e. The van der Waals surface area contributed by atoms with Crippen molar-refractivity contribution in [1.82, 2.24) is 9.91 Å². The van der Waals surface area contributed by atoms with Gasteiger partial charge in [-0.2, -0.15) is 15.1 Å². The van der Waals surface area contributed by atoms with Gasteiger partial charge >= 0.3 is 0 Å². The van der Waals surface area contributed by atoms with Crippen LogP contribution < -0.4 is 4.74 Å². The molecule has 0 saturated carbocycles. The number of aliphatic imine (C=N–C) groups is 1. The molecule has 184 valence electrons. The van der Waals surface area contributed by atoms with Gasteiger partial charge in [-0.3, -0.25) is 15.0 Å². The van der Waals surface area contributed by atoms with Crippen LogP contribution in [-0.4, -0.2) is 50.9 Å². The van der Waals surface area contributed by atoms with Gasteiger partial charge in [0.05, 0.1) is 12.0 Å². The Kier molecular flexibility index (Phi) is 6.99. The molecule has 5 rings (SSSR count). The van der Waals surface area contributed by atoms with Crippen molar-refractivity contribution in [2.75, 3.05) is 13.1 Å². The minimum atomic E-state index is -0.490. The Morgan fingerprint density at radius 1 is 1.11 bits per heavy atom. The average molecular weight is 502 g/mol. The van der Waals surface area contributed by atoms with Crippen molar-refractivity contribution in [2.45, 2.75) is 38.7 Å². The van der Waals surface area contributed by atoms with E-state index in [0.29, 0.717) is 16.0 Å². The number of amidine groups is 2. The van der Waals surface area contributed by atoms with Gasteiger partial charge in [0.15, 0.2) is 5.84 Å². The highest BCUT2D eigenvalue weighted by Gasteiger charge is 2.36. The summed E-state index contributed by atoms with van der Waals surface area (Å²) >= 11 is 1.18. The number of benzene rings is 2. The fraction of sp³-hybridized carbons (Fsp3) is 0.296. The standard InChI is InChI=1S/C27H27N5O3S/c1-18(20-8-4-2-5-9-20)35-21-12-10-19(11-13-21)16-22-25(28)32-27(29-26(22)34)36-23(30-32)17-24(33)31-14-6-3-7-15-31/h2,4-5,8-13,16,18,28H,3,6-7,14-15,17H2,1H3/b22-16-,28-25?/t18-/m0/s1. The maximum absolute atomic E-state index is 12.7. The van der Waals surface area contributed by atoms with Crippen LogP contribution in [-0.2, 0) is 9.59 Å². The second-order valence-electron chi connectivity index (χ2n) is 8.87. The number of fused-ring (bicyclic) bond motifs is 1. The third-order valence-corrected chi connectivity index (χ3v) is 7.19. The van der Waals surface area contributed by atoms with Crippen molar-refractivity contribution in [2.24, 2.45) is 10.1 Å². The highest BCUT2D eigenvalue weighted by molar-refractivity contribution is 8.27. The van der Waals surface area contributed by atoms with E-state index in [-0.39, 0.29) is 29.8 Å². The van der Waals surface area contributed by atoms with E-state index < -0.39 is 5.91 Å². The molecule has 3 aliphatic heterocycles. The van der Waals surface area contributed by atoms with Crippen molar-refractivity contribution in [3.8, 4) is 5.75 Å². The zero-order valence-corrected chi connectivity index (χ0v) is 20.8. The molecule has 1 fully saturated rings. The molecule has 2 aromatic rings. The summed E-state index contributed by atoms with van der Waals surface area (Å²) in [5, 5.41) is 15.2. The average Bonchev–Trinajstić information content (AvgIpc) is 3.30. The summed E-state index contributed by atoms with van der Waals surface area (Å²) < 4.78 is 6.02. The van der Waals surface area contributed by atoms with Gasteiger partial charge in [-0.1, -0.05) is 42.5 Å². The van der Waals surface area contributed by atoms with Crippen molar-refractivity contribution in [1.29, 1.82) is 5.41 Å². The summed E-state index contributed by atoms with van der Waals surface area (Å²) in [6.45, 7) is 3.54. The number of nitrogens with zero attached hydrogens (tertiary/aromatic N) is 4. The van der Waals surface area contributed by atoms with Crippen LogP contribution in [0.3, 0.4) is 0 Å². The zero-order valence-electron chi connectivity index (χ0n) is 20.0. The molecule has 1 saturated heterocycles. The van der Waals surface area contributed by atoms with E-state index in [1.807, 2.05) is 66.4 Å². The number of carbonyl (C=O) groups excluding carboxylic acids is 2. The van der Waals surface area contributed by atoms with E-state index in [0.717, 1.165) is 43.5 Å². The molecule has 3 aliphatic rings. The van der Waals surface area contributed by atoms with Gasteiger partial charge in [0.25, 0.3) is 5.91 Å². The lowest BCUT2D eigenvalue weighted by Gasteiger charge is -2.26. The summed E-state index contributed by atoms with van der Waals surface area (Å²) in [7, 11) is 0. The second kappa shape index (κ2) is 10.5. The molecule has 3 heterocycles. The minimum Gasteiger partial charge on any atom is -0.486 e. The van der Waals surface area contributed by atoms with E-state index in [2.05, 4.69) is 10.1 Å². The van der Waals surface area contributed by atoms with Gasteiger partial charge in [-0.15, -0.1) is 0 Å². The van der Waals surface area contributed by atoms with Crippen LogP contribution in [0.1, 0.15) is 49.8 Å².